The first-order chi connectivity index (χ1) is 7.63. The lowest BCUT2D eigenvalue weighted by Crippen LogP contribution is -2.20. The van der Waals surface area contributed by atoms with Crippen LogP contribution in [0.4, 0.5) is 14.5 Å². The predicted octanol–water partition coefficient (Wildman–Crippen LogP) is 1.23. The number of hydrogen-bond acceptors (Lipinski definition) is 3. The van der Waals surface area contributed by atoms with Crippen LogP contribution in [0.2, 0.25) is 0 Å². The van der Waals surface area contributed by atoms with E-state index in [0.717, 1.165) is 0 Å². The van der Waals surface area contributed by atoms with Crippen LogP contribution in [-0.4, -0.2) is 25.5 Å². The molecule has 1 aromatic carbocycles. The molecule has 0 aliphatic carbocycles. The zero-order valence-corrected chi connectivity index (χ0v) is 8.45. The summed E-state index contributed by atoms with van der Waals surface area (Å²) in [6.07, 6.45) is -3.03. The van der Waals surface area contributed by atoms with Gasteiger partial charge in [-0.25, -0.2) is 0 Å². The van der Waals surface area contributed by atoms with Crippen LogP contribution < -0.4 is 15.8 Å². The standard InChI is InChI=1S/C10H12F2N2O2/c11-9(12)10(15)14-7-2-1-3-8(6-7)16-5-4-13/h1-3,6,9H,4-5,13H2,(H,14,15). The third kappa shape index (κ3) is 3.82. The molecule has 0 saturated heterocycles. The summed E-state index contributed by atoms with van der Waals surface area (Å²) >= 11 is 0. The summed E-state index contributed by atoms with van der Waals surface area (Å²) < 4.78 is 29.1. The molecule has 3 N–H and O–H groups in total. The van der Waals surface area contributed by atoms with Gasteiger partial charge in [0.15, 0.2) is 0 Å². The molecule has 88 valence electrons. The number of halogens is 2. The van der Waals surface area contributed by atoms with Crippen molar-refractivity contribution in [3.05, 3.63) is 24.3 Å². The fourth-order valence-electron chi connectivity index (χ4n) is 1.04. The number of nitrogens with one attached hydrogen (secondary N) is 1. The second kappa shape index (κ2) is 6.02. The predicted molar refractivity (Wildman–Crippen MR) is 55.6 cm³/mol. The molecule has 0 aliphatic rings. The minimum atomic E-state index is -3.03. The van der Waals surface area contributed by atoms with Crippen molar-refractivity contribution in [2.24, 2.45) is 5.73 Å². The number of benzene rings is 1. The summed E-state index contributed by atoms with van der Waals surface area (Å²) in [7, 11) is 0. The van der Waals surface area contributed by atoms with E-state index in [4.69, 9.17) is 10.5 Å². The first-order valence-electron chi connectivity index (χ1n) is 4.65. The van der Waals surface area contributed by atoms with Crippen molar-refractivity contribution >= 4 is 11.6 Å². The van der Waals surface area contributed by atoms with Crippen molar-refractivity contribution in [1.29, 1.82) is 0 Å². The Bertz CT molecular complexity index is 358. The maximum Gasteiger partial charge on any atom is 0.315 e. The van der Waals surface area contributed by atoms with Gasteiger partial charge in [0.25, 0.3) is 5.91 Å². The average molecular weight is 230 g/mol. The van der Waals surface area contributed by atoms with Crippen molar-refractivity contribution in [3.63, 3.8) is 0 Å². The second-order valence-corrected chi connectivity index (χ2v) is 2.95. The summed E-state index contributed by atoms with van der Waals surface area (Å²) in [5.74, 6) is -0.867. The molecule has 16 heavy (non-hydrogen) atoms. The first kappa shape index (κ1) is 12.4. The minimum absolute atomic E-state index is 0.264. The Balaban J connectivity index is 2.63. The van der Waals surface area contributed by atoms with Crippen molar-refractivity contribution in [3.8, 4) is 5.75 Å². The van der Waals surface area contributed by atoms with Gasteiger partial charge in [0.2, 0.25) is 0 Å². The maximum absolute atomic E-state index is 12.0. The topological polar surface area (TPSA) is 64.3 Å². The van der Waals surface area contributed by atoms with Crippen LogP contribution in [0.25, 0.3) is 0 Å². The molecular formula is C10H12F2N2O2. The van der Waals surface area contributed by atoms with Crippen LogP contribution in [0.3, 0.4) is 0 Å². The lowest BCUT2D eigenvalue weighted by molar-refractivity contribution is -0.126. The molecule has 0 fully saturated rings. The number of anilines is 1. The molecule has 0 spiro atoms. The van der Waals surface area contributed by atoms with E-state index < -0.39 is 12.3 Å². The molecule has 4 nitrogen and oxygen atoms in total. The van der Waals surface area contributed by atoms with Gasteiger partial charge in [-0.05, 0) is 12.1 Å². The highest BCUT2D eigenvalue weighted by Crippen LogP contribution is 2.17. The number of carbonyl (C=O) groups excluding carboxylic acids is 1. The average Bonchev–Trinajstić information content (AvgIpc) is 2.26. The summed E-state index contributed by atoms with van der Waals surface area (Å²) in [6.45, 7) is 0.680. The quantitative estimate of drug-likeness (QED) is 0.799. The molecule has 1 aromatic rings. The number of hydrogen-bond donors (Lipinski definition) is 2. The molecule has 0 bridgehead atoms. The van der Waals surface area contributed by atoms with E-state index in [1.807, 2.05) is 0 Å². The normalized spacial score (nSPS) is 10.2. The monoisotopic (exact) mass is 230 g/mol. The Kier molecular flexibility index (Phi) is 4.65. The molecule has 0 heterocycles. The highest BCUT2D eigenvalue weighted by molar-refractivity contribution is 5.93. The molecule has 1 rings (SSSR count). The first-order valence-corrected chi connectivity index (χ1v) is 4.65. The van der Waals surface area contributed by atoms with Gasteiger partial charge in [-0.3, -0.25) is 4.79 Å². The fourth-order valence-corrected chi connectivity index (χ4v) is 1.04. The summed E-state index contributed by atoms with van der Waals surface area (Å²) in [5, 5.41) is 2.06. The van der Waals surface area contributed by atoms with Gasteiger partial charge in [0, 0.05) is 18.3 Å². The zero-order valence-electron chi connectivity index (χ0n) is 8.45. The highest BCUT2D eigenvalue weighted by Gasteiger charge is 2.14. The molecule has 6 heteroatoms. The van der Waals surface area contributed by atoms with Crippen molar-refractivity contribution in [1.82, 2.24) is 0 Å². The Hall–Kier alpha value is -1.69. The zero-order chi connectivity index (χ0) is 12.0. The summed E-state index contributed by atoms with van der Waals surface area (Å²) in [5.41, 5.74) is 5.50. The number of alkyl halides is 2. The maximum atomic E-state index is 12.0. The number of ether oxygens (including phenoxy) is 1. The van der Waals surface area contributed by atoms with Crippen LogP contribution in [0.15, 0.2) is 24.3 Å². The highest BCUT2D eigenvalue weighted by atomic mass is 19.3. The Labute approximate surface area is 91.4 Å². The van der Waals surface area contributed by atoms with E-state index in [1.165, 1.54) is 12.1 Å². The number of nitrogens with two attached hydrogens (primary N) is 1. The second-order valence-electron chi connectivity index (χ2n) is 2.95. The Morgan fingerprint density at radius 1 is 1.50 bits per heavy atom. The summed E-state index contributed by atoms with van der Waals surface area (Å²) in [6, 6.07) is 6.19. The SMILES string of the molecule is NCCOc1cccc(NC(=O)C(F)F)c1. The van der Waals surface area contributed by atoms with E-state index in [-0.39, 0.29) is 5.69 Å². The molecule has 0 atom stereocenters. The summed E-state index contributed by atoms with van der Waals surface area (Å²) in [4.78, 5) is 10.7. The lowest BCUT2D eigenvalue weighted by Gasteiger charge is -2.07. The van der Waals surface area contributed by atoms with Crippen molar-refractivity contribution in [2.75, 3.05) is 18.5 Å². The van der Waals surface area contributed by atoms with Crippen LogP contribution in [-0.2, 0) is 4.79 Å². The van der Waals surface area contributed by atoms with Gasteiger partial charge in [0.1, 0.15) is 12.4 Å². The molecule has 0 radical (unpaired) electrons. The Morgan fingerprint density at radius 2 is 2.25 bits per heavy atom. The van der Waals surface area contributed by atoms with E-state index in [1.54, 1.807) is 12.1 Å². The lowest BCUT2D eigenvalue weighted by atomic mass is 10.3. The molecular weight excluding hydrogens is 218 g/mol. The third-order valence-electron chi connectivity index (χ3n) is 1.69. The van der Waals surface area contributed by atoms with Crippen LogP contribution in [0.1, 0.15) is 0 Å². The van der Waals surface area contributed by atoms with Crippen LogP contribution in [0, 0.1) is 0 Å². The van der Waals surface area contributed by atoms with Gasteiger partial charge in [0.05, 0.1) is 0 Å². The Morgan fingerprint density at radius 3 is 2.88 bits per heavy atom. The largest absolute Gasteiger partial charge is 0.492 e. The van der Waals surface area contributed by atoms with Gasteiger partial charge in [-0.1, -0.05) is 6.07 Å². The molecule has 0 aromatic heterocycles. The van der Waals surface area contributed by atoms with E-state index in [9.17, 15) is 13.6 Å². The smallest absolute Gasteiger partial charge is 0.315 e. The molecule has 0 unspecified atom stereocenters. The van der Waals surface area contributed by atoms with E-state index >= 15 is 0 Å². The number of rotatable bonds is 5. The number of carbonyl (C=O) groups is 1. The van der Waals surface area contributed by atoms with Crippen molar-refractivity contribution < 1.29 is 18.3 Å². The van der Waals surface area contributed by atoms with E-state index in [2.05, 4.69) is 5.32 Å². The van der Waals surface area contributed by atoms with E-state index in [0.29, 0.717) is 18.9 Å². The van der Waals surface area contributed by atoms with Gasteiger partial charge >= 0.3 is 6.43 Å². The molecule has 0 aliphatic heterocycles. The van der Waals surface area contributed by atoms with Crippen LogP contribution in [0.5, 0.6) is 5.75 Å². The van der Waals surface area contributed by atoms with Gasteiger partial charge in [-0.2, -0.15) is 8.78 Å². The third-order valence-corrected chi connectivity index (χ3v) is 1.69. The minimum Gasteiger partial charge on any atom is -0.492 e. The van der Waals surface area contributed by atoms with Gasteiger partial charge in [-0.15, -0.1) is 0 Å². The fraction of sp³-hybridized carbons (Fsp3) is 0.300. The number of amides is 1. The molecule has 1 amide bonds. The van der Waals surface area contributed by atoms with Gasteiger partial charge < -0.3 is 15.8 Å². The molecule has 0 saturated carbocycles. The van der Waals surface area contributed by atoms with Crippen molar-refractivity contribution in [2.45, 2.75) is 6.43 Å². The van der Waals surface area contributed by atoms with Crippen LogP contribution >= 0.6 is 0 Å².